The van der Waals surface area contributed by atoms with Crippen LogP contribution in [0.5, 0.6) is 23.0 Å². The molecule has 0 aliphatic carbocycles. The Morgan fingerprint density at radius 1 is 1.03 bits per heavy atom. The van der Waals surface area contributed by atoms with Crippen molar-refractivity contribution in [3.05, 3.63) is 76.2 Å². The Labute approximate surface area is 206 Å². The summed E-state index contributed by atoms with van der Waals surface area (Å²) in [5, 5.41) is 5.78. The third-order valence-electron chi connectivity index (χ3n) is 5.53. The first-order chi connectivity index (χ1) is 17.0. The summed E-state index contributed by atoms with van der Waals surface area (Å²) in [4.78, 5) is 26.8. The molecule has 0 saturated heterocycles. The molecule has 2 aliphatic rings. The molecule has 2 N–H and O–H groups in total. The van der Waals surface area contributed by atoms with Crippen molar-refractivity contribution < 1.29 is 28.5 Å². The number of ether oxygens (including phenoxy) is 4. The van der Waals surface area contributed by atoms with Crippen molar-refractivity contribution in [1.82, 2.24) is 5.32 Å². The van der Waals surface area contributed by atoms with E-state index in [1.807, 2.05) is 36.4 Å². The first-order valence-electron chi connectivity index (χ1n) is 10.8. The molecule has 5 rings (SSSR count). The van der Waals surface area contributed by atoms with Crippen LogP contribution in [0.15, 0.2) is 64.4 Å². The highest BCUT2D eigenvalue weighted by Crippen LogP contribution is 2.40. The summed E-state index contributed by atoms with van der Waals surface area (Å²) in [6, 6.07) is 16.3. The number of amides is 2. The number of thioether (sulfide) groups is 1. The van der Waals surface area contributed by atoms with Gasteiger partial charge in [0.05, 0.1) is 24.8 Å². The SMILES string of the molecule is COc1ccc(C=C2Sc3ccc(C(=O)NCc4ccc5c(c4)OCO5)cc3NC2=O)cc1OC. The fraction of sp³-hybridized carbons (Fsp3) is 0.154. The summed E-state index contributed by atoms with van der Waals surface area (Å²) >= 11 is 1.34. The van der Waals surface area contributed by atoms with Crippen molar-refractivity contribution in [1.29, 1.82) is 0 Å². The number of methoxy groups -OCH3 is 2. The van der Waals surface area contributed by atoms with Gasteiger partial charge in [0.2, 0.25) is 6.79 Å². The summed E-state index contributed by atoms with van der Waals surface area (Å²) in [6.45, 7) is 0.543. The summed E-state index contributed by atoms with van der Waals surface area (Å²) in [5.41, 5.74) is 2.76. The zero-order chi connectivity index (χ0) is 24.4. The topological polar surface area (TPSA) is 95.1 Å². The van der Waals surface area contributed by atoms with Crippen molar-refractivity contribution >= 4 is 35.3 Å². The summed E-state index contributed by atoms with van der Waals surface area (Å²) < 4.78 is 21.3. The molecule has 35 heavy (non-hydrogen) atoms. The maximum Gasteiger partial charge on any atom is 0.262 e. The van der Waals surface area contributed by atoms with Gasteiger partial charge < -0.3 is 29.6 Å². The van der Waals surface area contributed by atoms with Gasteiger partial charge in [-0.3, -0.25) is 9.59 Å². The van der Waals surface area contributed by atoms with Crippen LogP contribution in [0, 0.1) is 0 Å². The summed E-state index contributed by atoms with van der Waals surface area (Å²) in [7, 11) is 3.14. The van der Waals surface area contributed by atoms with Gasteiger partial charge >= 0.3 is 0 Å². The lowest BCUT2D eigenvalue weighted by Gasteiger charge is -2.19. The molecule has 178 valence electrons. The normalized spacial score (nSPS) is 14.8. The minimum Gasteiger partial charge on any atom is -0.493 e. The van der Waals surface area contributed by atoms with Gasteiger partial charge in [0.15, 0.2) is 23.0 Å². The second-order valence-corrected chi connectivity index (χ2v) is 8.84. The van der Waals surface area contributed by atoms with Crippen LogP contribution in [0.2, 0.25) is 0 Å². The third kappa shape index (κ3) is 4.76. The predicted octanol–water partition coefficient (Wildman–Crippen LogP) is 4.45. The molecule has 2 aliphatic heterocycles. The number of carbonyl (C=O) groups is 2. The second kappa shape index (κ2) is 9.63. The van der Waals surface area contributed by atoms with E-state index in [1.165, 1.54) is 11.8 Å². The van der Waals surface area contributed by atoms with Gasteiger partial charge in [0, 0.05) is 17.0 Å². The monoisotopic (exact) mass is 490 g/mol. The smallest absolute Gasteiger partial charge is 0.262 e. The average Bonchev–Trinajstić information content (AvgIpc) is 3.35. The number of anilines is 1. The largest absolute Gasteiger partial charge is 0.493 e. The second-order valence-electron chi connectivity index (χ2n) is 7.76. The zero-order valence-corrected chi connectivity index (χ0v) is 19.9. The molecule has 0 fully saturated rings. The fourth-order valence-corrected chi connectivity index (χ4v) is 4.66. The molecule has 0 unspecified atom stereocenters. The minimum absolute atomic E-state index is 0.204. The van der Waals surface area contributed by atoms with Gasteiger partial charge in [-0.05, 0) is 59.7 Å². The number of nitrogens with one attached hydrogen (secondary N) is 2. The molecule has 0 saturated carbocycles. The van der Waals surface area contributed by atoms with Crippen molar-refractivity contribution in [3.8, 4) is 23.0 Å². The third-order valence-corrected chi connectivity index (χ3v) is 6.63. The summed E-state index contributed by atoms with van der Waals surface area (Å²) in [5.74, 6) is 2.08. The molecule has 3 aromatic carbocycles. The number of hydrogen-bond donors (Lipinski definition) is 2. The van der Waals surface area contributed by atoms with Crippen molar-refractivity contribution in [2.45, 2.75) is 11.4 Å². The van der Waals surface area contributed by atoms with Crippen molar-refractivity contribution in [2.75, 3.05) is 26.3 Å². The molecule has 8 nitrogen and oxygen atoms in total. The maximum absolute atomic E-state index is 12.7. The van der Waals surface area contributed by atoms with Crippen LogP contribution in [0.25, 0.3) is 6.08 Å². The van der Waals surface area contributed by atoms with Crippen LogP contribution in [-0.2, 0) is 11.3 Å². The van der Waals surface area contributed by atoms with Crippen LogP contribution in [0.4, 0.5) is 5.69 Å². The van der Waals surface area contributed by atoms with Gasteiger partial charge in [-0.2, -0.15) is 0 Å². The zero-order valence-electron chi connectivity index (χ0n) is 19.0. The highest BCUT2D eigenvalue weighted by atomic mass is 32.2. The van der Waals surface area contributed by atoms with Gasteiger partial charge in [-0.1, -0.05) is 23.9 Å². The number of carbonyl (C=O) groups excluding carboxylic acids is 2. The lowest BCUT2D eigenvalue weighted by Crippen LogP contribution is -2.23. The van der Waals surface area contributed by atoms with E-state index in [2.05, 4.69) is 10.6 Å². The molecular weight excluding hydrogens is 468 g/mol. The molecule has 0 atom stereocenters. The molecule has 0 bridgehead atoms. The number of fused-ring (bicyclic) bond motifs is 2. The Hall–Kier alpha value is -4.11. The molecular formula is C26H22N2O6S. The number of hydrogen-bond acceptors (Lipinski definition) is 7. The Morgan fingerprint density at radius 2 is 1.86 bits per heavy atom. The molecule has 0 aromatic heterocycles. The standard InChI is InChI=1S/C26H22N2O6S/c1-31-19-6-3-15(9-21(19)32-2)11-24-26(30)28-18-12-17(5-8-23(18)35-24)25(29)27-13-16-4-7-20-22(10-16)34-14-33-20/h3-12H,13-14H2,1-2H3,(H,27,29)(H,28,30). The minimum atomic E-state index is -0.241. The van der Waals surface area contributed by atoms with E-state index in [-0.39, 0.29) is 18.6 Å². The first-order valence-corrected chi connectivity index (χ1v) is 11.6. The van der Waals surface area contributed by atoms with Gasteiger partial charge in [0.25, 0.3) is 11.8 Å². The quantitative estimate of drug-likeness (QED) is 0.493. The molecule has 0 radical (unpaired) electrons. The van der Waals surface area contributed by atoms with Crippen LogP contribution in [0.1, 0.15) is 21.5 Å². The molecule has 3 aromatic rings. The van der Waals surface area contributed by atoms with Crippen molar-refractivity contribution in [3.63, 3.8) is 0 Å². The Morgan fingerprint density at radius 3 is 2.69 bits per heavy atom. The van der Waals surface area contributed by atoms with E-state index < -0.39 is 0 Å². The highest BCUT2D eigenvalue weighted by Gasteiger charge is 2.23. The summed E-state index contributed by atoms with van der Waals surface area (Å²) in [6.07, 6.45) is 1.79. The molecule has 2 amide bonds. The van der Waals surface area contributed by atoms with E-state index in [4.69, 9.17) is 18.9 Å². The highest BCUT2D eigenvalue weighted by molar-refractivity contribution is 8.04. The molecule has 2 heterocycles. The lowest BCUT2D eigenvalue weighted by atomic mass is 10.1. The number of rotatable bonds is 6. The van der Waals surface area contributed by atoms with Crippen LogP contribution in [0.3, 0.4) is 0 Å². The van der Waals surface area contributed by atoms with E-state index in [0.717, 1.165) is 16.0 Å². The van der Waals surface area contributed by atoms with Crippen LogP contribution in [-0.4, -0.2) is 32.8 Å². The Bertz CT molecular complexity index is 1350. The predicted molar refractivity (Wildman–Crippen MR) is 132 cm³/mol. The molecule has 0 spiro atoms. The van der Waals surface area contributed by atoms with Gasteiger partial charge in [0.1, 0.15) is 0 Å². The molecule has 9 heteroatoms. The van der Waals surface area contributed by atoms with E-state index in [1.54, 1.807) is 38.5 Å². The Balaban J connectivity index is 1.28. The van der Waals surface area contributed by atoms with Crippen LogP contribution < -0.4 is 29.6 Å². The van der Waals surface area contributed by atoms with Gasteiger partial charge in [-0.15, -0.1) is 0 Å². The average molecular weight is 491 g/mol. The van der Waals surface area contributed by atoms with Crippen LogP contribution >= 0.6 is 11.8 Å². The van der Waals surface area contributed by atoms with E-state index in [9.17, 15) is 9.59 Å². The fourth-order valence-electron chi connectivity index (χ4n) is 3.73. The van der Waals surface area contributed by atoms with Gasteiger partial charge in [-0.25, -0.2) is 0 Å². The van der Waals surface area contributed by atoms with Crippen molar-refractivity contribution in [2.24, 2.45) is 0 Å². The van der Waals surface area contributed by atoms with E-state index in [0.29, 0.717) is 45.7 Å². The number of benzene rings is 3. The maximum atomic E-state index is 12.7. The first kappa shape index (κ1) is 22.7. The lowest BCUT2D eigenvalue weighted by molar-refractivity contribution is -0.112. The van der Waals surface area contributed by atoms with E-state index >= 15 is 0 Å². The Kier molecular flexibility index (Phi) is 6.24.